The fourth-order valence-corrected chi connectivity index (χ4v) is 5.49. The largest absolute Gasteiger partial charge is 0.241 e. The van der Waals surface area contributed by atoms with Crippen molar-refractivity contribution in [2.75, 3.05) is 0 Å². The lowest BCUT2D eigenvalue weighted by Gasteiger charge is -2.07. The molecule has 0 unspecified atom stereocenters. The first-order chi connectivity index (χ1) is 11.8. The van der Waals surface area contributed by atoms with Gasteiger partial charge in [0, 0.05) is 28.4 Å². The number of hydrogen-bond donors (Lipinski definition) is 1. The number of rotatable bonds is 5. The molecule has 132 valence electrons. The zero-order valence-corrected chi connectivity index (χ0v) is 15.8. The van der Waals surface area contributed by atoms with Crippen molar-refractivity contribution in [2.45, 2.75) is 25.3 Å². The molecule has 4 nitrogen and oxygen atoms in total. The summed E-state index contributed by atoms with van der Waals surface area (Å²) >= 11 is 2.83. The van der Waals surface area contributed by atoms with Crippen LogP contribution in [0.3, 0.4) is 0 Å². The number of halogens is 2. The molecule has 9 heteroatoms. The third-order valence-corrected chi connectivity index (χ3v) is 7.00. The Morgan fingerprint density at radius 2 is 1.96 bits per heavy atom. The Hall–Kier alpha value is -1.68. The Labute approximate surface area is 152 Å². The van der Waals surface area contributed by atoms with Crippen molar-refractivity contribution in [1.29, 1.82) is 0 Å². The number of benzene rings is 1. The van der Waals surface area contributed by atoms with E-state index >= 15 is 0 Å². The van der Waals surface area contributed by atoms with Gasteiger partial charge in [-0.05, 0) is 26.0 Å². The van der Waals surface area contributed by atoms with Gasteiger partial charge in [0.05, 0.1) is 20.5 Å². The van der Waals surface area contributed by atoms with Crippen molar-refractivity contribution < 1.29 is 17.2 Å². The van der Waals surface area contributed by atoms with E-state index in [9.17, 15) is 17.2 Å². The number of aromatic nitrogens is 1. The standard InChI is InChI=1S/C16H14F2N2O2S3/c1-9-16(6-15(24-9)14-8-23-10(2)20-14)25(21,22)19-7-11-3-4-12(17)5-13(11)18/h3-6,8,19H,7H2,1-2H3. The SMILES string of the molecule is Cc1nc(-c2cc(S(=O)(=O)NCc3ccc(F)cc3F)c(C)s2)cs1. The van der Waals surface area contributed by atoms with Crippen LogP contribution in [0, 0.1) is 25.5 Å². The molecule has 2 aromatic heterocycles. The van der Waals surface area contributed by atoms with Crippen LogP contribution in [0.5, 0.6) is 0 Å². The van der Waals surface area contributed by atoms with Crippen LogP contribution in [0.4, 0.5) is 8.78 Å². The second-order valence-corrected chi connectivity index (χ2v) is 9.40. The quantitative estimate of drug-likeness (QED) is 0.697. The van der Waals surface area contributed by atoms with Gasteiger partial charge in [0.1, 0.15) is 11.6 Å². The topological polar surface area (TPSA) is 59.1 Å². The Kier molecular flexibility index (Phi) is 5.01. The first-order valence-electron chi connectivity index (χ1n) is 7.23. The van der Waals surface area contributed by atoms with Gasteiger partial charge in [-0.2, -0.15) is 0 Å². The maximum Gasteiger partial charge on any atom is 0.241 e. The van der Waals surface area contributed by atoms with Crippen molar-refractivity contribution in [2.24, 2.45) is 0 Å². The summed E-state index contributed by atoms with van der Waals surface area (Å²) in [7, 11) is -3.82. The van der Waals surface area contributed by atoms with E-state index in [4.69, 9.17) is 0 Å². The lowest BCUT2D eigenvalue weighted by atomic mass is 10.2. The molecular formula is C16H14F2N2O2S3. The molecule has 0 aliphatic heterocycles. The normalized spacial score (nSPS) is 11.8. The molecule has 0 aliphatic carbocycles. The third kappa shape index (κ3) is 3.95. The van der Waals surface area contributed by atoms with Gasteiger partial charge in [-0.1, -0.05) is 6.07 Å². The van der Waals surface area contributed by atoms with Gasteiger partial charge in [0.25, 0.3) is 0 Å². The molecule has 0 fully saturated rings. The zero-order chi connectivity index (χ0) is 18.2. The van der Waals surface area contributed by atoms with E-state index in [1.54, 1.807) is 13.0 Å². The molecule has 1 aromatic carbocycles. The summed E-state index contributed by atoms with van der Waals surface area (Å²) in [6, 6.07) is 4.60. The summed E-state index contributed by atoms with van der Waals surface area (Å²) in [6.45, 7) is 3.33. The highest BCUT2D eigenvalue weighted by Gasteiger charge is 2.21. The number of hydrogen-bond acceptors (Lipinski definition) is 5. The van der Waals surface area contributed by atoms with E-state index in [0.29, 0.717) is 4.88 Å². The number of nitrogens with one attached hydrogen (secondary N) is 1. The number of thiophene rings is 1. The summed E-state index contributed by atoms with van der Waals surface area (Å²) in [5.74, 6) is -1.50. The average molecular weight is 400 g/mol. The molecule has 25 heavy (non-hydrogen) atoms. The highest BCUT2D eigenvalue weighted by atomic mass is 32.2. The fraction of sp³-hybridized carbons (Fsp3) is 0.188. The number of sulfonamides is 1. The molecule has 0 amide bonds. The van der Waals surface area contributed by atoms with Crippen molar-refractivity contribution in [3.8, 4) is 10.6 Å². The fourth-order valence-electron chi connectivity index (χ4n) is 2.25. The van der Waals surface area contributed by atoms with E-state index in [1.807, 2.05) is 12.3 Å². The molecule has 0 saturated heterocycles. The maximum atomic E-state index is 13.7. The molecule has 0 spiro atoms. The van der Waals surface area contributed by atoms with Crippen LogP contribution in [-0.2, 0) is 16.6 Å². The molecule has 2 heterocycles. The minimum absolute atomic E-state index is 0.0770. The minimum Gasteiger partial charge on any atom is -0.241 e. The molecule has 0 bridgehead atoms. The summed E-state index contributed by atoms with van der Waals surface area (Å²) in [5.41, 5.74) is 0.815. The summed E-state index contributed by atoms with van der Waals surface area (Å²) in [6.07, 6.45) is 0. The molecule has 1 N–H and O–H groups in total. The van der Waals surface area contributed by atoms with Crippen LogP contribution < -0.4 is 4.72 Å². The molecule has 0 saturated carbocycles. The van der Waals surface area contributed by atoms with Crippen molar-refractivity contribution in [3.63, 3.8) is 0 Å². The Morgan fingerprint density at radius 1 is 1.20 bits per heavy atom. The Balaban J connectivity index is 1.84. The van der Waals surface area contributed by atoms with Gasteiger partial charge >= 0.3 is 0 Å². The van der Waals surface area contributed by atoms with E-state index < -0.39 is 21.7 Å². The summed E-state index contributed by atoms with van der Waals surface area (Å²) in [4.78, 5) is 5.88. The van der Waals surface area contributed by atoms with Gasteiger partial charge < -0.3 is 0 Å². The first kappa shape index (κ1) is 18.1. The van der Waals surface area contributed by atoms with E-state index in [0.717, 1.165) is 27.7 Å². The number of nitrogens with zero attached hydrogens (tertiary/aromatic N) is 1. The van der Waals surface area contributed by atoms with E-state index in [1.165, 1.54) is 28.7 Å². The van der Waals surface area contributed by atoms with Crippen LogP contribution in [0.1, 0.15) is 15.4 Å². The highest BCUT2D eigenvalue weighted by Crippen LogP contribution is 2.34. The Morgan fingerprint density at radius 3 is 2.60 bits per heavy atom. The lowest BCUT2D eigenvalue weighted by molar-refractivity contribution is 0.562. The first-order valence-corrected chi connectivity index (χ1v) is 10.4. The van der Waals surface area contributed by atoms with Gasteiger partial charge in [-0.25, -0.2) is 26.9 Å². The van der Waals surface area contributed by atoms with Gasteiger partial charge in [0.2, 0.25) is 10.0 Å². The zero-order valence-electron chi connectivity index (χ0n) is 13.3. The third-order valence-electron chi connectivity index (χ3n) is 3.50. The molecule has 3 aromatic rings. The summed E-state index contributed by atoms with van der Waals surface area (Å²) < 4.78 is 54.0. The lowest BCUT2D eigenvalue weighted by Crippen LogP contribution is -2.23. The van der Waals surface area contributed by atoms with Gasteiger partial charge in [-0.15, -0.1) is 22.7 Å². The monoisotopic (exact) mass is 400 g/mol. The van der Waals surface area contributed by atoms with Crippen LogP contribution in [0.25, 0.3) is 10.6 Å². The molecule has 0 atom stereocenters. The second-order valence-electron chi connectivity index (χ2n) is 5.34. The molecule has 3 rings (SSSR count). The predicted molar refractivity (Wildman–Crippen MR) is 95.3 cm³/mol. The second kappa shape index (κ2) is 6.91. The van der Waals surface area contributed by atoms with Crippen molar-refractivity contribution in [1.82, 2.24) is 9.71 Å². The molecule has 0 aliphatic rings. The van der Waals surface area contributed by atoms with Crippen LogP contribution in [0.15, 0.2) is 34.5 Å². The van der Waals surface area contributed by atoms with Crippen LogP contribution >= 0.6 is 22.7 Å². The highest BCUT2D eigenvalue weighted by molar-refractivity contribution is 7.89. The predicted octanol–water partition coefficient (Wildman–Crippen LogP) is 4.25. The van der Waals surface area contributed by atoms with Crippen LogP contribution in [0.2, 0.25) is 0 Å². The minimum atomic E-state index is -3.82. The van der Waals surface area contributed by atoms with Gasteiger partial charge in [-0.3, -0.25) is 0 Å². The van der Waals surface area contributed by atoms with Crippen molar-refractivity contribution >= 4 is 32.7 Å². The van der Waals surface area contributed by atoms with E-state index in [2.05, 4.69) is 9.71 Å². The average Bonchev–Trinajstić information content (AvgIpc) is 3.12. The smallest absolute Gasteiger partial charge is 0.241 e. The maximum absolute atomic E-state index is 13.7. The molecular weight excluding hydrogens is 386 g/mol. The van der Waals surface area contributed by atoms with Gasteiger partial charge in [0.15, 0.2) is 0 Å². The number of thiazole rings is 1. The Bertz CT molecular complexity index is 1030. The number of aryl methyl sites for hydroxylation is 2. The van der Waals surface area contributed by atoms with E-state index in [-0.39, 0.29) is 17.0 Å². The summed E-state index contributed by atoms with van der Waals surface area (Å²) in [5, 5.41) is 2.77. The van der Waals surface area contributed by atoms with Crippen LogP contribution in [-0.4, -0.2) is 13.4 Å². The molecule has 0 radical (unpaired) electrons. The van der Waals surface area contributed by atoms with Crippen molar-refractivity contribution in [3.05, 3.63) is 56.7 Å².